The number of primary sulfonamides is 1. The Morgan fingerprint density at radius 1 is 1.25 bits per heavy atom. The van der Waals surface area contributed by atoms with E-state index in [1.165, 1.54) is 25.3 Å². The summed E-state index contributed by atoms with van der Waals surface area (Å²) in [5.41, 5.74) is 0.705. The molecule has 20 heavy (non-hydrogen) atoms. The molecule has 1 aromatic carbocycles. The number of sulfonamides is 1. The molecular weight excluding hydrogens is 306 g/mol. The zero-order valence-electron chi connectivity index (χ0n) is 11.1. The molecule has 0 radical (unpaired) electrons. The predicted molar refractivity (Wildman–Crippen MR) is 75.0 cm³/mol. The second kappa shape index (κ2) is 6.50. The first-order valence-electron chi connectivity index (χ1n) is 5.55. The third-order valence-corrected chi connectivity index (χ3v) is 4.36. The van der Waals surface area contributed by atoms with Crippen LogP contribution in [0.1, 0.15) is 5.56 Å². The van der Waals surface area contributed by atoms with Gasteiger partial charge in [-0.05, 0) is 24.6 Å². The minimum Gasteiger partial charge on any atom is -0.383 e. The molecule has 0 heterocycles. The van der Waals surface area contributed by atoms with E-state index < -0.39 is 20.2 Å². The van der Waals surface area contributed by atoms with E-state index in [0.717, 1.165) is 0 Å². The summed E-state index contributed by atoms with van der Waals surface area (Å²) in [5.74, 6) is 0. The average molecular weight is 323 g/mol. The van der Waals surface area contributed by atoms with Gasteiger partial charge >= 0.3 is 0 Å². The summed E-state index contributed by atoms with van der Waals surface area (Å²) in [4.78, 5) is -0.169. The van der Waals surface area contributed by atoms with Gasteiger partial charge in [0.05, 0.1) is 17.2 Å². The van der Waals surface area contributed by atoms with Crippen LogP contribution in [0.4, 0.5) is 5.69 Å². The van der Waals surface area contributed by atoms with E-state index in [1.807, 2.05) is 0 Å². The van der Waals surface area contributed by atoms with Crippen LogP contribution in [0.25, 0.3) is 0 Å². The highest BCUT2D eigenvalue weighted by atomic mass is 32.2. The molecule has 8 nitrogen and oxygen atoms in total. The lowest BCUT2D eigenvalue weighted by Crippen LogP contribution is -2.32. The van der Waals surface area contributed by atoms with Gasteiger partial charge in [-0.3, -0.25) is 4.72 Å². The van der Waals surface area contributed by atoms with E-state index in [9.17, 15) is 16.8 Å². The first-order chi connectivity index (χ1) is 9.15. The summed E-state index contributed by atoms with van der Waals surface area (Å²) >= 11 is 0. The Hall–Kier alpha value is -1.20. The van der Waals surface area contributed by atoms with E-state index >= 15 is 0 Å². The van der Waals surface area contributed by atoms with Crippen molar-refractivity contribution in [1.29, 1.82) is 0 Å². The van der Waals surface area contributed by atoms with Crippen LogP contribution in [-0.4, -0.2) is 37.1 Å². The second-order valence-electron chi connectivity index (χ2n) is 4.01. The molecule has 10 heteroatoms. The van der Waals surface area contributed by atoms with Gasteiger partial charge in [-0.25, -0.2) is 13.6 Å². The molecule has 0 atom stereocenters. The highest BCUT2D eigenvalue weighted by Gasteiger charge is 2.14. The van der Waals surface area contributed by atoms with Crippen LogP contribution in [0, 0.1) is 6.92 Å². The van der Waals surface area contributed by atoms with Gasteiger partial charge in [0.25, 0.3) is 10.2 Å². The van der Waals surface area contributed by atoms with E-state index in [1.54, 1.807) is 6.92 Å². The number of aryl methyl sites for hydroxylation is 1. The molecule has 0 saturated heterocycles. The standard InChI is InChI=1S/C10H17N3O5S2/c1-8-3-4-9(19(11,14)15)7-10(8)13-20(16,17)12-5-6-18-2/h3-4,7,12-13H,5-6H2,1-2H3,(H2,11,14,15). The summed E-state index contributed by atoms with van der Waals surface area (Å²) in [6, 6.07) is 3.94. The largest absolute Gasteiger partial charge is 0.383 e. The normalized spacial score (nSPS) is 12.3. The maximum Gasteiger partial charge on any atom is 0.299 e. The topological polar surface area (TPSA) is 128 Å². The molecule has 0 spiro atoms. The maximum atomic E-state index is 11.7. The zero-order valence-corrected chi connectivity index (χ0v) is 12.7. The Kier molecular flexibility index (Phi) is 5.48. The highest BCUT2D eigenvalue weighted by Crippen LogP contribution is 2.20. The van der Waals surface area contributed by atoms with Crippen molar-refractivity contribution in [3.63, 3.8) is 0 Å². The SMILES string of the molecule is COCCNS(=O)(=O)Nc1cc(S(N)(=O)=O)ccc1C. The van der Waals surface area contributed by atoms with Crippen molar-refractivity contribution in [2.45, 2.75) is 11.8 Å². The van der Waals surface area contributed by atoms with E-state index in [-0.39, 0.29) is 23.7 Å². The molecule has 0 aliphatic carbocycles. The lowest BCUT2D eigenvalue weighted by Gasteiger charge is -2.12. The number of nitrogens with two attached hydrogens (primary N) is 1. The third kappa shape index (κ3) is 5.06. The third-order valence-electron chi connectivity index (χ3n) is 2.38. The zero-order chi connectivity index (χ0) is 15.4. The Morgan fingerprint density at radius 2 is 1.90 bits per heavy atom. The first kappa shape index (κ1) is 16.9. The number of hydrogen-bond donors (Lipinski definition) is 3. The monoisotopic (exact) mass is 323 g/mol. The van der Waals surface area contributed by atoms with E-state index in [0.29, 0.717) is 5.56 Å². The molecule has 1 aromatic rings. The molecular formula is C10H17N3O5S2. The number of methoxy groups -OCH3 is 1. The van der Waals surface area contributed by atoms with Gasteiger partial charge in [-0.15, -0.1) is 0 Å². The molecule has 0 aliphatic rings. The van der Waals surface area contributed by atoms with Crippen LogP contribution in [0.2, 0.25) is 0 Å². The maximum absolute atomic E-state index is 11.7. The molecule has 0 amide bonds. The lowest BCUT2D eigenvalue weighted by molar-refractivity contribution is 0.204. The molecule has 0 aliphatic heterocycles. The fraction of sp³-hybridized carbons (Fsp3) is 0.400. The van der Waals surface area contributed by atoms with Crippen molar-refractivity contribution in [2.75, 3.05) is 25.0 Å². The van der Waals surface area contributed by atoms with Crippen molar-refractivity contribution in [1.82, 2.24) is 4.72 Å². The predicted octanol–water partition coefficient (Wildman–Crippen LogP) is -0.465. The van der Waals surface area contributed by atoms with Gasteiger partial charge in [0, 0.05) is 13.7 Å². The van der Waals surface area contributed by atoms with E-state index in [2.05, 4.69) is 9.44 Å². The van der Waals surface area contributed by atoms with Crippen molar-refractivity contribution < 1.29 is 21.6 Å². The first-order valence-corrected chi connectivity index (χ1v) is 8.58. The molecule has 0 saturated carbocycles. The molecule has 0 unspecified atom stereocenters. The fourth-order valence-electron chi connectivity index (χ4n) is 1.35. The molecule has 0 bridgehead atoms. The van der Waals surface area contributed by atoms with Crippen molar-refractivity contribution in [3.05, 3.63) is 23.8 Å². The highest BCUT2D eigenvalue weighted by molar-refractivity contribution is 7.90. The Bertz CT molecular complexity index is 670. The number of ether oxygens (including phenoxy) is 1. The van der Waals surface area contributed by atoms with Crippen LogP contribution < -0.4 is 14.6 Å². The van der Waals surface area contributed by atoms with Gasteiger partial charge in [-0.2, -0.15) is 13.1 Å². The van der Waals surface area contributed by atoms with Gasteiger partial charge in [-0.1, -0.05) is 6.07 Å². The van der Waals surface area contributed by atoms with E-state index in [4.69, 9.17) is 9.88 Å². The summed E-state index contributed by atoms with van der Waals surface area (Å²) in [6.45, 7) is 1.96. The molecule has 0 aromatic heterocycles. The van der Waals surface area contributed by atoms with Crippen LogP contribution in [0.3, 0.4) is 0 Å². The van der Waals surface area contributed by atoms with Crippen molar-refractivity contribution >= 4 is 25.9 Å². The molecule has 114 valence electrons. The summed E-state index contributed by atoms with van der Waals surface area (Å²) in [5, 5.41) is 5.00. The Balaban J connectivity index is 2.97. The molecule has 0 fully saturated rings. The number of anilines is 1. The van der Waals surface area contributed by atoms with Crippen LogP contribution in [0.5, 0.6) is 0 Å². The minimum atomic E-state index is -3.89. The quantitative estimate of drug-likeness (QED) is 0.585. The number of nitrogens with one attached hydrogen (secondary N) is 2. The average Bonchev–Trinajstić information content (AvgIpc) is 2.30. The summed E-state index contributed by atoms with van der Waals surface area (Å²) < 4.78 is 55.2. The summed E-state index contributed by atoms with van der Waals surface area (Å²) in [7, 11) is -6.26. The second-order valence-corrected chi connectivity index (χ2v) is 7.08. The number of hydrogen-bond acceptors (Lipinski definition) is 5. The fourth-order valence-corrected chi connectivity index (χ4v) is 2.82. The van der Waals surface area contributed by atoms with Gasteiger partial charge < -0.3 is 4.74 Å². The minimum absolute atomic E-state index is 0.0970. The lowest BCUT2D eigenvalue weighted by atomic mass is 10.2. The van der Waals surface area contributed by atoms with Crippen molar-refractivity contribution in [3.8, 4) is 0 Å². The smallest absolute Gasteiger partial charge is 0.299 e. The van der Waals surface area contributed by atoms with Gasteiger partial charge in [0.2, 0.25) is 10.0 Å². The Morgan fingerprint density at radius 3 is 2.45 bits per heavy atom. The van der Waals surface area contributed by atoms with Gasteiger partial charge in [0.15, 0.2) is 0 Å². The van der Waals surface area contributed by atoms with Gasteiger partial charge in [0.1, 0.15) is 0 Å². The van der Waals surface area contributed by atoms with Crippen LogP contribution >= 0.6 is 0 Å². The molecule has 4 N–H and O–H groups in total. The molecule has 1 rings (SSSR count). The number of benzene rings is 1. The Labute approximate surface area is 118 Å². The summed E-state index contributed by atoms with van der Waals surface area (Å²) in [6.07, 6.45) is 0. The number of rotatable bonds is 7. The van der Waals surface area contributed by atoms with Crippen LogP contribution in [-0.2, 0) is 25.0 Å². The van der Waals surface area contributed by atoms with Crippen LogP contribution in [0.15, 0.2) is 23.1 Å². The van der Waals surface area contributed by atoms with Crippen molar-refractivity contribution in [2.24, 2.45) is 5.14 Å².